The van der Waals surface area contributed by atoms with Crippen molar-refractivity contribution in [3.05, 3.63) is 41.8 Å². The molecule has 1 heterocycles. The number of carbonyl (C=O) groups excluding carboxylic acids is 2. The van der Waals surface area contributed by atoms with Gasteiger partial charge in [-0.1, -0.05) is 0 Å². The van der Waals surface area contributed by atoms with Crippen LogP contribution in [-0.4, -0.2) is 46.7 Å². The molecule has 0 radical (unpaired) electrons. The molecule has 3 amide bonds. The molecule has 7 nitrogen and oxygen atoms in total. The van der Waals surface area contributed by atoms with Gasteiger partial charge in [0.2, 0.25) is 5.91 Å². The third kappa shape index (κ3) is 5.39. The highest BCUT2D eigenvalue weighted by Crippen LogP contribution is 2.18. The van der Waals surface area contributed by atoms with Crippen LogP contribution in [0, 0.1) is 5.82 Å². The molecule has 25 heavy (non-hydrogen) atoms. The van der Waals surface area contributed by atoms with Gasteiger partial charge in [-0.15, -0.1) is 0 Å². The molecule has 0 spiro atoms. The van der Waals surface area contributed by atoms with Crippen molar-refractivity contribution in [3.63, 3.8) is 0 Å². The lowest BCUT2D eigenvalue weighted by atomic mass is 10.1. The number of aryl methyl sites for hydroxylation is 1. The topological polar surface area (TPSA) is 104 Å². The predicted octanol–water partition coefficient (Wildman–Crippen LogP) is 1.66. The number of H-pyrrole nitrogens is 1. The Labute approximate surface area is 145 Å². The van der Waals surface area contributed by atoms with Crippen LogP contribution in [0.15, 0.2) is 30.3 Å². The summed E-state index contributed by atoms with van der Waals surface area (Å²) in [5.74, 6) is -0.702. The van der Waals surface area contributed by atoms with E-state index in [2.05, 4.69) is 15.5 Å². The Hall–Kier alpha value is -2.74. The second-order valence-corrected chi connectivity index (χ2v) is 5.90. The smallest absolute Gasteiger partial charge is 0.318 e. The van der Waals surface area contributed by atoms with Crippen LogP contribution < -0.4 is 11.1 Å². The van der Waals surface area contributed by atoms with Gasteiger partial charge in [0, 0.05) is 11.3 Å². The number of imide groups is 1. The lowest BCUT2D eigenvalue weighted by molar-refractivity contribution is -0.124. The van der Waals surface area contributed by atoms with E-state index in [-0.39, 0.29) is 5.82 Å². The second kappa shape index (κ2) is 8.39. The van der Waals surface area contributed by atoms with Crippen LogP contribution in [0.5, 0.6) is 0 Å². The Kier molecular flexibility index (Phi) is 6.24. The van der Waals surface area contributed by atoms with Gasteiger partial charge in [-0.2, -0.15) is 5.10 Å². The number of amides is 3. The molecule has 0 unspecified atom stereocenters. The van der Waals surface area contributed by atoms with Crippen molar-refractivity contribution in [3.8, 4) is 11.3 Å². The molecule has 0 saturated heterocycles. The minimum absolute atomic E-state index is 0.281. The molecule has 0 aliphatic rings. The normalized spacial score (nSPS) is 12.2. The summed E-state index contributed by atoms with van der Waals surface area (Å²) < 4.78 is 13.0. The summed E-state index contributed by atoms with van der Waals surface area (Å²) in [6.45, 7) is 2.37. The van der Waals surface area contributed by atoms with Crippen molar-refractivity contribution in [2.24, 2.45) is 5.73 Å². The summed E-state index contributed by atoms with van der Waals surface area (Å²) in [7, 11) is 1.81. The summed E-state index contributed by atoms with van der Waals surface area (Å²) in [5.41, 5.74) is 7.51. The first-order valence-corrected chi connectivity index (χ1v) is 7.97. The number of aromatic nitrogens is 2. The lowest BCUT2D eigenvalue weighted by Gasteiger charge is -2.22. The van der Waals surface area contributed by atoms with Gasteiger partial charge in [0.05, 0.1) is 11.7 Å². The number of aromatic amines is 1. The standard InChI is InChI=1S/C17H22FN5O2/c1-11(16(24)20-17(19)25)23(2)9-3-4-14-10-15(22-21-14)12-5-7-13(18)8-6-12/h5-8,10-11H,3-4,9H2,1-2H3,(H,21,22)(H3,19,20,24,25)/t11-/m1/s1. The van der Waals surface area contributed by atoms with Crippen LogP contribution in [0.1, 0.15) is 19.0 Å². The average Bonchev–Trinajstić information content (AvgIpc) is 3.03. The van der Waals surface area contributed by atoms with Crippen molar-refractivity contribution >= 4 is 11.9 Å². The van der Waals surface area contributed by atoms with E-state index in [1.54, 1.807) is 19.1 Å². The first-order valence-electron chi connectivity index (χ1n) is 7.97. The Bertz CT molecular complexity index is 729. The average molecular weight is 347 g/mol. The van der Waals surface area contributed by atoms with Crippen LogP contribution in [0.2, 0.25) is 0 Å². The van der Waals surface area contributed by atoms with E-state index < -0.39 is 18.0 Å². The number of rotatable bonds is 7. The third-order valence-electron chi connectivity index (χ3n) is 4.01. The zero-order valence-corrected chi connectivity index (χ0v) is 14.3. The highest BCUT2D eigenvalue weighted by atomic mass is 19.1. The van der Waals surface area contributed by atoms with E-state index in [0.717, 1.165) is 29.8 Å². The van der Waals surface area contributed by atoms with Crippen molar-refractivity contribution in [2.45, 2.75) is 25.8 Å². The highest BCUT2D eigenvalue weighted by molar-refractivity contribution is 5.96. The first-order chi connectivity index (χ1) is 11.9. The Balaban J connectivity index is 1.83. The lowest BCUT2D eigenvalue weighted by Crippen LogP contribution is -2.47. The number of nitrogens with zero attached hydrogens (tertiary/aromatic N) is 2. The number of likely N-dealkylation sites (N-methyl/N-ethyl adjacent to an activating group) is 1. The first kappa shape index (κ1) is 18.6. The van der Waals surface area contributed by atoms with Crippen LogP contribution in [-0.2, 0) is 11.2 Å². The maximum atomic E-state index is 13.0. The molecule has 134 valence electrons. The van der Waals surface area contributed by atoms with Gasteiger partial charge in [-0.25, -0.2) is 9.18 Å². The molecule has 2 rings (SSSR count). The molecule has 1 aromatic heterocycles. The third-order valence-corrected chi connectivity index (χ3v) is 4.01. The van der Waals surface area contributed by atoms with Gasteiger partial charge in [0.25, 0.3) is 0 Å². The molecular formula is C17H22FN5O2. The van der Waals surface area contributed by atoms with E-state index in [4.69, 9.17) is 5.73 Å². The molecule has 0 aliphatic carbocycles. The molecule has 2 aromatic rings. The van der Waals surface area contributed by atoms with Crippen molar-refractivity contribution in [2.75, 3.05) is 13.6 Å². The van der Waals surface area contributed by atoms with E-state index in [9.17, 15) is 14.0 Å². The van der Waals surface area contributed by atoms with Gasteiger partial charge in [-0.05, 0) is 63.7 Å². The van der Waals surface area contributed by atoms with Crippen molar-refractivity contribution in [1.82, 2.24) is 20.4 Å². The van der Waals surface area contributed by atoms with Gasteiger partial charge < -0.3 is 5.73 Å². The molecule has 4 N–H and O–H groups in total. The summed E-state index contributed by atoms with van der Waals surface area (Å²) >= 11 is 0. The molecule has 0 saturated carbocycles. The predicted molar refractivity (Wildman–Crippen MR) is 92.1 cm³/mol. The number of urea groups is 1. The summed E-state index contributed by atoms with van der Waals surface area (Å²) in [6.07, 6.45) is 1.55. The van der Waals surface area contributed by atoms with Gasteiger partial charge >= 0.3 is 6.03 Å². The number of primary amides is 1. The minimum Gasteiger partial charge on any atom is -0.351 e. The molecule has 0 aliphatic heterocycles. The number of benzene rings is 1. The van der Waals surface area contributed by atoms with E-state index in [1.165, 1.54) is 12.1 Å². The zero-order valence-electron chi connectivity index (χ0n) is 14.3. The molecule has 1 aromatic carbocycles. The largest absolute Gasteiger partial charge is 0.351 e. The highest BCUT2D eigenvalue weighted by Gasteiger charge is 2.18. The Morgan fingerprint density at radius 3 is 2.68 bits per heavy atom. The quantitative estimate of drug-likeness (QED) is 0.708. The number of hydrogen-bond acceptors (Lipinski definition) is 4. The Morgan fingerprint density at radius 2 is 2.04 bits per heavy atom. The fourth-order valence-electron chi connectivity index (χ4n) is 2.40. The summed E-state index contributed by atoms with van der Waals surface area (Å²) in [4.78, 5) is 24.3. The molecule has 0 bridgehead atoms. The van der Waals surface area contributed by atoms with Crippen molar-refractivity contribution in [1.29, 1.82) is 0 Å². The SMILES string of the molecule is C[C@H](C(=O)NC(N)=O)N(C)CCCc1cc(-c2ccc(F)cc2)n[nH]1. The van der Waals surface area contributed by atoms with Crippen LogP contribution in [0.25, 0.3) is 11.3 Å². The van der Waals surface area contributed by atoms with Gasteiger partial charge in [-0.3, -0.25) is 20.1 Å². The van der Waals surface area contributed by atoms with Crippen LogP contribution >= 0.6 is 0 Å². The fourth-order valence-corrected chi connectivity index (χ4v) is 2.40. The number of hydrogen-bond donors (Lipinski definition) is 3. The van der Waals surface area contributed by atoms with E-state index in [1.807, 2.05) is 18.0 Å². The molecular weight excluding hydrogens is 325 g/mol. The molecule has 8 heteroatoms. The van der Waals surface area contributed by atoms with Crippen LogP contribution in [0.3, 0.4) is 0 Å². The van der Waals surface area contributed by atoms with Gasteiger partial charge in [0.15, 0.2) is 0 Å². The Morgan fingerprint density at radius 1 is 1.36 bits per heavy atom. The summed E-state index contributed by atoms with van der Waals surface area (Å²) in [6, 6.07) is 6.79. The van der Waals surface area contributed by atoms with E-state index in [0.29, 0.717) is 6.54 Å². The van der Waals surface area contributed by atoms with Crippen LogP contribution in [0.4, 0.5) is 9.18 Å². The second-order valence-electron chi connectivity index (χ2n) is 5.90. The van der Waals surface area contributed by atoms with Gasteiger partial charge in [0.1, 0.15) is 5.82 Å². The maximum absolute atomic E-state index is 13.0. The minimum atomic E-state index is -0.851. The molecule has 0 fully saturated rings. The number of halogens is 1. The zero-order chi connectivity index (χ0) is 18.4. The maximum Gasteiger partial charge on any atom is 0.318 e. The molecule has 1 atom stereocenters. The monoisotopic (exact) mass is 347 g/mol. The summed E-state index contributed by atoms with van der Waals surface area (Å²) in [5, 5.41) is 9.27. The number of nitrogens with two attached hydrogens (primary N) is 1. The number of nitrogens with one attached hydrogen (secondary N) is 2. The fraction of sp³-hybridized carbons (Fsp3) is 0.353. The van der Waals surface area contributed by atoms with E-state index >= 15 is 0 Å². The number of carbonyl (C=O) groups is 2. The van der Waals surface area contributed by atoms with Crippen molar-refractivity contribution < 1.29 is 14.0 Å².